The highest BCUT2D eigenvalue weighted by Gasteiger charge is 2.42. The Balaban J connectivity index is 1.56. The van der Waals surface area contributed by atoms with Crippen molar-refractivity contribution in [2.75, 3.05) is 36.5 Å². The lowest BCUT2D eigenvalue weighted by Gasteiger charge is -2.17. The molecule has 2 heterocycles. The molecule has 2 aliphatic rings. The summed E-state index contributed by atoms with van der Waals surface area (Å²) in [7, 11) is 0. The number of hydrogen-bond donors (Lipinski definition) is 1. The van der Waals surface area contributed by atoms with Crippen molar-refractivity contribution in [3.8, 4) is 0 Å². The van der Waals surface area contributed by atoms with Gasteiger partial charge >= 0.3 is 6.18 Å². The standard InChI is InChI=1S/C25H22F3N3O4S2/c1-2-35-12-6-11-30-23(34)21(37-24(30)36)20-17-9-3-4-10-18(17)31(22(20)33)14-19(32)29-16-8-5-7-15(13-16)25(26,27)28/h3-5,7-10,13H,2,6,11-12,14H2,1H3,(H,29,32)/b21-20-. The van der Waals surface area contributed by atoms with Gasteiger partial charge in [-0.25, -0.2) is 0 Å². The minimum absolute atomic E-state index is 0.0482. The highest BCUT2D eigenvalue weighted by Crippen LogP contribution is 2.44. The molecule has 0 aliphatic carbocycles. The minimum atomic E-state index is -4.56. The van der Waals surface area contributed by atoms with E-state index in [0.29, 0.717) is 41.8 Å². The van der Waals surface area contributed by atoms with Crippen molar-refractivity contribution in [1.82, 2.24) is 4.90 Å². The van der Waals surface area contributed by atoms with Crippen LogP contribution in [0, 0.1) is 0 Å². The summed E-state index contributed by atoms with van der Waals surface area (Å²) in [5.41, 5.74) is 0.0935. The smallest absolute Gasteiger partial charge is 0.382 e. The van der Waals surface area contributed by atoms with Crippen LogP contribution < -0.4 is 10.2 Å². The van der Waals surface area contributed by atoms with Crippen LogP contribution in [0.15, 0.2) is 53.4 Å². The number of amides is 3. The summed E-state index contributed by atoms with van der Waals surface area (Å²) in [5, 5.41) is 2.41. The van der Waals surface area contributed by atoms with Crippen LogP contribution in [-0.4, -0.2) is 53.2 Å². The van der Waals surface area contributed by atoms with Gasteiger partial charge in [-0.15, -0.1) is 0 Å². The molecule has 0 saturated carbocycles. The van der Waals surface area contributed by atoms with Crippen LogP contribution in [0.3, 0.4) is 0 Å². The van der Waals surface area contributed by atoms with E-state index in [1.165, 1.54) is 21.9 Å². The zero-order valence-corrected chi connectivity index (χ0v) is 21.3. The number of fused-ring (bicyclic) bond motifs is 1. The largest absolute Gasteiger partial charge is 0.416 e. The van der Waals surface area contributed by atoms with Gasteiger partial charge in [0.05, 0.1) is 21.7 Å². The molecule has 7 nitrogen and oxygen atoms in total. The number of carbonyl (C=O) groups excluding carboxylic acids is 3. The van der Waals surface area contributed by atoms with Crippen molar-refractivity contribution < 1.29 is 32.3 Å². The van der Waals surface area contributed by atoms with E-state index < -0.39 is 30.1 Å². The van der Waals surface area contributed by atoms with Gasteiger partial charge in [0, 0.05) is 31.0 Å². The fourth-order valence-corrected chi connectivity index (χ4v) is 5.37. The molecule has 1 fully saturated rings. The number of thiocarbonyl (C=S) groups is 1. The molecule has 2 aromatic rings. The number of rotatable bonds is 8. The number of ether oxygens (including phenoxy) is 1. The number of hydrogen-bond acceptors (Lipinski definition) is 6. The van der Waals surface area contributed by atoms with Crippen molar-refractivity contribution >= 4 is 63.0 Å². The average Bonchev–Trinajstić information content (AvgIpc) is 3.28. The van der Waals surface area contributed by atoms with Crippen molar-refractivity contribution in [3.63, 3.8) is 0 Å². The van der Waals surface area contributed by atoms with E-state index in [9.17, 15) is 27.6 Å². The fraction of sp³-hybridized carbons (Fsp3) is 0.280. The number of halogens is 3. The van der Waals surface area contributed by atoms with Gasteiger partial charge in [-0.3, -0.25) is 24.2 Å². The maximum Gasteiger partial charge on any atom is 0.416 e. The SMILES string of the molecule is CCOCCCN1C(=O)/C(=C2/C(=O)N(CC(=O)Nc3cccc(C(F)(F)F)c3)c3ccccc32)SC1=S. The molecule has 3 amide bonds. The maximum absolute atomic E-state index is 13.5. The topological polar surface area (TPSA) is 79.0 Å². The Morgan fingerprint density at radius 3 is 2.57 bits per heavy atom. The van der Waals surface area contributed by atoms with Crippen LogP contribution in [-0.2, 0) is 25.3 Å². The van der Waals surface area contributed by atoms with E-state index in [4.69, 9.17) is 17.0 Å². The average molecular weight is 550 g/mol. The van der Waals surface area contributed by atoms with Crippen LogP contribution in [0.5, 0.6) is 0 Å². The van der Waals surface area contributed by atoms with Gasteiger partial charge in [0.2, 0.25) is 5.91 Å². The Bertz CT molecular complexity index is 1300. The molecule has 0 aromatic heterocycles. The number of anilines is 2. The second-order valence-corrected chi connectivity index (χ2v) is 9.76. The predicted molar refractivity (Wildman–Crippen MR) is 139 cm³/mol. The van der Waals surface area contributed by atoms with Crippen LogP contribution in [0.1, 0.15) is 24.5 Å². The lowest BCUT2D eigenvalue weighted by atomic mass is 10.1. The predicted octanol–water partition coefficient (Wildman–Crippen LogP) is 4.69. The molecule has 12 heteroatoms. The molecular weight excluding hydrogens is 527 g/mol. The van der Waals surface area contributed by atoms with Gasteiger partial charge < -0.3 is 10.1 Å². The Morgan fingerprint density at radius 2 is 1.84 bits per heavy atom. The molecule has 0 spiro atoms. The van der Waals surface area contributed by atoms with Crippen molar-refractivity contribution in [3.05, 3.63) is 64.6 Å². The number of thioether (sulfide) groups is 1. The lowest BCUT2D eigenvalue weighted by Crippen LogP contribution is -2.35. The van der Waals surface area contributed by atoms with E-state index in [-0.39, 0.29) is 22.1 Å². The third-order valence-electron chi connectivity index (χ3n) is 5.65. The number of carbonyl (C=O) groups is 3. The molecule has 194 valence electrons. The molecular formula is C25H22F3N3O4S2. The number of alkyl halides is 3. The Kier molecular flexibility index (Phi) is 8.00. The highest BCUT2D eigenvalue weighted by molar-refractivity contribution is 8.26. The molecule has 0 radical (unpaired) electrons. The zero-order valence-electron chi connectivity index (χ0n) is 19.6. The quantitative estimate of drug-likeness (QED) is 0.293. The van der Waals surface area contributed by atoms with Crippen LogP contribution in [0.2, 0.25) is 0 Å². The van der Waals surface area contributed by atoms with Gasteiger partial charge in [-0.05, 0) is 37.6 Å². The van der Waals surface area contributed by atoms with E-state index in [1.807, 2.05) is 6.92 Å². The van der Waals surface area contributed by atoms with E-state index in [0.717, 1.165) is 23.9 Å². The Morgan fingerprint density at radius 1 is 1.08 bits per heavy atom. The van der Waals surface area contributed by atoms with Crippen molar-refractivity contribution in [2.45, 2.75) is 19.5 Å². The van der Waals surface area contributed by atoms with E-state index in [2.05, 4.69) is 5.32 Å². The van der Waals surface area contributed by atoms with Crippen molar-refractivity contribution in [1.29, 1.82) is 0 Å². The third kappa shape index (κ3) is 5.71. The molecule has 1 N–H and O–H groups in total. The number of nitrogens with zero attached hydrogens (tertiary/aromatic N) is 2. The monoisotopic (exact) mass is 549 g/mol. The van der Waals surface area contributed by atoms with Crippen molar-refractivity contribution in [2.24, 2.45) is 0 Å². The van der Waals surface area contributed by atoms with Gasteiger partial charge in [0.15, 0.2) is 0 Å². The number of benzene rings is 2. The van der Waals surface area contributed by atoms with Gasteiger partial charge in [-0.2, -0.15) is 13.2 Å². The second kappa shape index (κ2) is 11.0. The van der Waals surface area contributed by atoms with Crippen LogP contribution in [0.4, 0.5) is 24.5 Å². The third-order valence-corrected chi connectivity index (χ3v) is 7.10. The molecule has 2 aliphatic heterocycles. The molecule has 0 atom stereocenters. The van der Waals surface area contributed by atoms with Crippen LogP contribution >= 0.6 is 24.0 Å². The lowest BCUT2D eigenvalue weighted by molar-refractivity contribution is -0.137. The summed E-state index contributed by atoms with van der Waals surface area (Å²) in [6.07, 6.45) is -3.98. The van der Waals surface area contributed by atoms with Crippen LogP contribution in [0.25, 0.3) is 5.57 Å². The van der Waals surface area contributed by atoms with E-state index >= 15 is 0 Å². The first-order chi connectivity index (χ1) is 17.6. The Hall–Kier alpha value is -3.22. The Labute approximate surface area is 220 Å². The molecule has 1 saturated heterocycles. The first-order valence-corrected chi connectivity index (χ1v) is 12.6. The highest BCUT2D eigenvalue weighted by atomic mass is 32.2. The first-order valence-electron chi connectivity index (χ1n) is 11.4. The summed E-state index contributed by atoms with van der Waals surface area (Å²) in [6, 6.07) is 10.9. The second-order valence-electron chi connectivity index (χ2n) is 8.11. The summed E-state index contributed by atoms with van der Waals surface area (Å²) < 4.78 is 44.7. The minimum Gasteiger partial charge on any atom is -0.382 e. The summed E-state index contributed by atoms with van der Waals surface area (Å²) in [5.74, 6) is -1.64. The summed E-state index contributed by atoms with van der Waals surface area (Å²) >= 11 is 6.41. The summed E-state index contributed by atoms with van der Waals surface area (Å²) in [4.78, 5) is 42.2. The van der Waals surface area contributed by atoms with Gasteiger partial charge in [0.25, 0.3) is 11.8 Å². The molecule has 4 rings (SSSR count). The molecule has 2 aromatic carbocycles. The normalized spacial score (nSPS) is 17.6. The maximum atomic E-state index is 13.5. The van der Waals surface area contributed by atoms with Gasteiger partial charge in [0.1, 0.15) is 10.9 Å². The van der Waals surface area contributed by atoms with Gasteiger partial charge in [-0.1, -0.05) is 48.2 Å². The molecule has 37 heavy (non-hydrogen) atoms. The zero-order chi connectivity index (χ0) is 26.7. The first kappa shape index (κ1) is 26.8. The molecule has 0 unspecified atom stereocenters. The fourth-order valence-electron chi connectivity index (χ4n) is 3.99. The number of nitrogens with one attached hydrogen (secondary N) is 1. The summed E-state index contributed by atoms with van der Waals surface area (Å²) in [6.45, 7) is 2.80. The van der Waals surface area contributed by atoms with E-state index in [1.54, 1.807) is 24.3 Å². The molecule has 0 bridgehead atoms. The number of para-hydroxylation sites is 1.